The van der Waals surface area contributed by atoms with Crippen LogP contribution in [-0.4, -0.2) is 28.1 Å². The summed E-state index contributed by atoms with van der Waals surface area (Å²) < 4.78 is 44.1. The predicted octanol–water partition coefficient (Wildman–Crippen LogP) is 5.67. The topological polar surface area (TPSA) is 96.4 Å². The number of carbonyl (C=O) groups is 1. The molecule has 3 aromatic carbocycles. The van der Waals surface area contributed by atoms with E-state index in [1.54, 1.807) is 24.3 Å². The van der Waals surface area contributed by atoms with Gasteiger partial charge in [0.2, 0.25) is 0 Å². The number of halogens is 3. The third-order valence-electron chi connectivity index (χ3n) is 5.14. The number of aryl methyl sites for hydroxylation is 1. The lowest BCUT2D eigenvalue weighted by molar-refractivity contribution is -0.137. The van der Waals surface area contributed by atoms with Crippen molar-refractivity contribution in [2.45, 2.75) is 13.1 Å². The molecule has 0 aliphatic rings. The van der Waals surface area contributed by atoms with E-state index in [9.17, 15) is 23.1 Å². The molecule has 0 fully saturated rings. The molecule has 34 heavy (non-hydrogen) atoms. The number of nitrogens with one attached hydrogen (secondary N) is 2. The highest BCUT2D eigenvalue weighted by molar-refractivity contribution is 6.04. The Balaban J connectivity index is 1.62. The molecule has 174 valence electrons. The minimum atomic E-state index is -4.54. The lowest BCUT2D eigenvalue weighted by Crippen LogP contribution is -2.14. The predicted molar refractivity (Wildman–Crippen MR) is 122 cm³/mol. The van der Waals surface area contributed by atoms with Crippen molar-refractivity contribution >= 4 is 34.0 Å². The van der Waals surface area contributed by atoms with Crippen molar-refractivity contribution in [3.05, 3.63) is 77.6 Å². The van der Waals surface area contributed by atoms with E-state index in [1.807, 2.05) is 6.92 Å². The Morgan fingerprint density at radius 2 is 1.85 bits per heavy atom. The average molecular weight is 468 g/mol. The molecule has 0 atom stereocenters. The minimum absolute atomic E-state index is 0.0601. The first-order valence-electron chi connectivity index (χ1n) is 10.0. The zero-order chi connectivity index (χ0) is 24.5. The van der Waals surface area contributed by atoms with Crippen molar-refractivity contribution in [3.8, 4) is 11.5 Å². The number of rotatable bonds is 5. The van der Waals surface area contributed by atoms with E-state index in [2.05, 4.69) is 20.6 Å². The summed E-state index contributed by atoms with van der Waals surface area (Å²) in [6, 6.07) is 12.3. The Morgan fingerprint density at radius 3 is 2.59 bits per heavy atom. The molecule has 0 unspecified atom stereocenters. The van der Waals surface area contributed by atoms with Crippen LogP contribution in [0.4, 0.5) is 30.4 Å². The van der Waals surface area contributed by atoms with Gasteiger partial charge in [-0.1, -0.05) is 12.1 Å². The molecule has 1 aromatic heterocycles. The number of amides is 1. The number of phenolic OH excluding ortho intramolecular Hbond substituents is 1. The summed E-state index contributed by atoms with van der Waals surface area (Å²) in [6.07, 6.45) is -3.21. The maximum absolute atomic E-state index is 13.0. The molecule has 0 spiro atoms. The summed E-state index contributed by atoms with van der Waals surface area (Å²) in [6.45, 7) is 1.84. The Hall–Kier alpha value is -4.34. The largest absolute Gasteiger partial charge is 0.504 e. The highest BCUT2D eigenvalue weighted by atomic mass is 19.4. The second kappa shape index (κ2) is 8.89. The van der Waals surface area contributed by atoms with Crippen LogP contribution in [0.3, 0.4) is 0 Å². The molecule has 0 saturated heterocycles. The van der Waals surface area contributed by atoms with Crippen molar-refractivity contribution in [1.82, 2.24) is 9.97 Å². The summed E-state index contributed by atoms with van der Waals surface area (Å²) in [5.74, 6) is -0.0411. The van der Waals surface area contributed by atoms with Crippen molar-refractivity contribution < 1.29 is 27.8 Å². The Labute approximate surface area is 192 Å². The highest BCUT2D eigenvalue weighted by Crippen LogP contribution is 2.34. The van der Waals surface area contributed by atoms with Gasteiger partial charge in [-0.05, 0) is 48.9 Å². The van der Waals surface area contributed by atoms with E-state index in [-0.39, 0.29) is 17.1 Å². The number of anilines is 3. The van der Waals surface area contributed by atoms with E-state index in [4.69, 9.17) is 4.74 Å². The number of nitrogens with zero attached hydrogens (tertiary/aromatic N) is 2. The summed E-state index contributed by atoms with van der Waals surface area (Å²) >= 11 is 0. The van der Waals surface area contributed by atoms with Crippen LogP contribution in [0.25, 0.3) is 10.9 Å². The number of hydrogen-bond acceptors (Lipinski definition) is 6. The van der Waals surface area contributed by atoms with E-state index in [1.165, 1.54) is 31.6 Å². The van der Waals surface area contributed by atoms with E-state index < -0.39 is 17.6 Å². The number of fused-ring (bicyclic) bond motifs is 1. The van der Waals surface area contributed by atoms with Crippen LogP contribution in [0, 0.1) is 6.92 Å². The zero-order valence-electron chi connectivity index (χ0n) is 18.1. The third kappa shape index (κ3) is 4.70. The molecular weight excluding hydrogens is 449 g/mol. The van der Waals surface area contributed by atoms with Gasteiger partial charge < -0.3 is 20.5 Å². The van der Waals surface area contributed by atoms with Gasteiger partial charge in [0, 0.05) is 28.4 Å². The van der Waals surface area contributed by atoms with Gasteiger partial charge in [-0.15, -0.1) is 0 Å². The van der Waals surface area contributed by atoms with E-state index >= 15 is 0 Å². The number of hydrogen-bond donors (Lipinski definition) is 3. The van der Waals surface area contributed by atoms with Gasteiger partial charge >= 0.3 is 6.18 Å². The number of benzene rings is 3. The van der Waals surface area contributed by atoms with Gasteiger partial charge in [-0.3, -0.25) is 4.79 Å². The van der Waals surface area contributed by atoms with Gasteiger partial charge in [0.05, 0.1) is 18.2 Å². The first kappa shape index (κ1) is 22.8. The van der Waals surface area contributed by atoms with E-state index in [0.29, 0.717) is 28.1 Å². The molecule has 1 amide bonds. The van der Waals surface area contributed by atoms with Crippen molar-refractivity contribution in [1.29, 1.82) is 0 Å². The van der Waals surface area contributed by atoms with Gasteiger partial charge in [-0.2, -0.15) is 13.2 Å². The standard InChI is InChI=1S/C24H19F3N4O3/c1-13-6-7-16(30-23(33)14-4-3-5-15(8-14)24(25,26)27)9-18(13)31-22-17-10-21(34-2)20(32)11-19(17)28-12-29-22/h3-12,32H,1-2H3,(H,30,33)(H,28,29,31). The second-order valence-corrected chi connectivity index (χ2v) is 7.45. The second-order valence-electron chi connectivity index (χ2n) is 7.45. The van der Waals surface area contributed by atoms with Crippen molar-refractivity contribution in [2.24, 2.45) is 0 Å². The molecule has 3 N–H and O–H groups in total. The molecule has 0 radical (unpaired) electrons. The average Bonchev–Trinajstić information content (AvgIpc) is 2.80. The number of carbonyl (C=O) groups excluding carboxylic acids is 1. The summed E-state index contributed by atoms with van der Waals surface area (Å²) in [5, 5.41) is 16.4. The maximum Gasteiger partial charge on any atom is 0.416 e. The van der Waals surface area contributed by atoms with Gasteiger partial charge in [0.25, 0.3) is 5.91 Å². The number of ether oxygens (including phenoxy) is 1. The van der Waals surface area contributed by atoms with Gasteiger partial charge in [0.1, 0.15) is 12.1 Å². The number of methoxy groups -OCH3 is 1. The molecule has 1 heterocycles. The number of aromatic hydroxyl groups is 1. The molecule has 0 aliphatic heterocycles. The number of phenols is 1. The monoisotopic (exact) mass is 468 g/mol. The fourth-order valence-electron chi connectivity index (χ4n) is 3.34. The Bertz CT molecular complexity index is 1390. The van der Waals surface area contributed by atoms with Crippen LogP contribution in [-0.2, 0) is 6.18 Å². The molecule has 4 aromatic rings. The fraction of sp³-hybridized carbons (Fsp3) is 0.125. The zero-order valence-corrected chi connectivity index (χ0v) is 18.1. The summed E-state index contributed by atoms with van der Waals surface area (Å²) in [5.41, 5.74) is 1.29. The van der Waals surface area contributed by atoms with Gasteiger partial charge in [0.15, 0.2) is 11.5 Å². The normalized spacial score (nSPS) is 11.3. The summed E-state index contributed by atoms with van der Waals surface area (Å²) in [7, 11) is 1.43. The molecule has 7 nitrogen and oxygen atoms in total. The lowest BCUT2D eigenvalue weighted by atomic mass is 10.1. The number of alkyl halides is 3. The van der Waals surface area contributed by atoms with E-state index in [0.717, 1.165) is 17.7 Å². The summed E-state index contributed by atoms with van der Waals surface area (Å²) in [4.78, 5) is 21.0. The van der Waals surface area contributed by atoms with Gasteiger partial charge in [-0.25, -0.2) is 9.97 Å². The van der Waals surface area contributed by atoms with Crippen LogP contribution in [0.1, 0.15) is 21.5 Å². The molecule has 0 bridgehead atoms. The minimum Gasteiger partial charge on any atom is -0.504 e. The Morgan fingerprint density at radius 1 is 1.06 bits per heavy atom. The van der Waals surface area contributed by atoms with Crippen LogP contribution < -0.4 is 15.4 Å². The fourth-order valence-corrected chi connectivity index (χ4v) is 3.34. The number of aromatic nitrogens is 2. The first-order valence-corrected chi connectivity index (χ1v) is 10.0. The maximum atomic E-state index is 13.0. The molecule has 0 aliphatic carbocycles. The smallest absolute Gasteiger partial charge is 0.416 e. The van der Waals surface area contributed by atoms with Crippen LogP contribution in [0.15, 0.2) is 60.9 Å². The SMILES string of the molecule is COc1cc2c(Nc3cc(NC(=O)c4cccc(C(F)(F)F)c4)ccc3C)ncnc2cc1O. The van der Waals surface area contributed by atoms with Crippen molar-refractivity contribution in [3.63, 3.8) is 0 Å². The molecular formula is C24H19F3N4O3. The quantitative estimate of drug-likeness (QED) is 0.349. The molecule has 10 heteroatoms. The third-order valence-corrected chi connectivity index (χ3v) is 5.14. The Kier molecular flexibility index (Phi) is 5.97. The molecule has 4 rings (SSSR count). The first-order chi connectivity index (χ1) is 16.2. The highest BCUT2D eigenvalue weighted by Gasteiger charge is 2.30. The lowest BCUT2D eigenvalue weighted by Gasteiger charge is -2.14. The van der Waals surface area contributed by atoms with Crippen LogP contribution in [0.2, 0.25) is 0 Å². The van der Waals surface area contributed by atoms with Crippen molar-refractivity contribution in [2.75, 3.05) is 17.7 Å². The molecule has 0 saturated carbocycles. The van der Waals surface area contributed by atoms with Crippen LogP contribution in [0.5, 0.6) is 11.5 Å². The van der Waals surface area contributed by atoms with Crippen LogP contribution >= 0.6 is 0 Å².